The quantitative estimate of drug-likeness (QED) is 0.744. The van der Waals surface area contributed by atoms with Crippen molar-refractivity contribution < 1.29 is 22.5 Å². The molecule has 2 rings (SSSR count). The smallest absolute Gasteiger partial charge is 0.573 e. The van der Waals surface area contributed by atoms with Gasteiger partial charge in [0.25, 0.3) is 0 Å². The summed E-state index contributed by atoms with van der Waals surface area (Å²) in [6, 6.07) is 2.08. The highest BCUT2D eigenvalue weighted by molar-refractivity contribution is 9.10. The van der Waals surface area contributed by atoms with Crippen LogP contribution in [0.3, 0.4) is 0 Å². The van der Waals surface area contributed by atoms with E-state index in [1.807, 2.05) is 0 Å². The van der Waals surface area contributed by atoms with E-state index in [1.165, 1.54) is 10.9 Å². The first-order valence-electron chi connectivity index (χ1n) is 6.11. The summed E-state index contributed by atoms with van der Waals surface area (Å²) in [6.45, 7) is 1.72. The predicted molar refractivity (Wildman–Crippen MR) is 84.3 cm³/mol. The number of ether oxygens (including phenoxy) is 1. The van der Waals surface area contributed by atoms with E-state index < -0.39 is 23.3 Å². The minimum Gasteiger partial charge on any atom is -0.611 e. The lowest BCUT2D eigenvalue weighted by atomic mass is 10.3. The van der Waals surface area contributed by atoms with Crippen LogP contribution in [0.1, 0.15) is 6.92 Å². The molecule has 5 nitrogen and oxygen atoms in total. The van der Waals surface area contributed by atoms with Crippen LogP contribution in [-0.2, 0) is 11.2 Å². The number of nitrogens with zero attached hydrogens (tertiary/aromatic N) is 2. The van der Waals surface area contributed by atoms with Crippen LogP contribution in [0, 0.1) is 0 Å². The lowest BCUT2D eigenvalue weighted by Crippen LogP contribution is -2.17. The van der Waals surface area contributed by atoms with Crippen LogP contribution in [-0.4, -0.2) is 26.4 Å². The van der Waals surface area contributed by atoms with Crippen molar-refractivity contribution in [2.75, 3.05) is 11.5 Å². The van der Waals surface area contributed by atoms with Gasteiger partial charge in [0.1, 0.15) is 23.4 Å². The van der Waals surface area contributed by atoms with Crippen LogP contribution in [0.2, 0.25) is 5.02 Å². The molecule has 11 heteroatoms. The lowest BCUT2D eigenvalue weighted by Gasteiger charge is -2.14. The van der Waals surface area contributed by atoms with E-state index in [9.17, 15) is 17.7 Å². The highest BCUT2D eigenvalue weighted by atomic mass is 79.9. The van der Waals surface area contributed by atoms with Gasteiger partial charge in [-0.05, 0) is 40.1 Å². The highest BCUT2D eigenvalue weighted by Crippen LogP contribution is 2.37. The predicted octanol–water partition coefficient (Wildman–Crippen LogP) is 3.90. The van der Waals surface area contributed by atoms with E-state index in [0.717, 1.165) is 12.1 Å². The third-order valence-electron chi connectivity index (χ3n) is 2.71. The Morgan fingerprint density at radius 2 is 2.13 bits per heavy atom. The molecule has 2 N–H and O–H groups in total. The third-order valence-corrected chi connectivity index (χ3v) is 4.94. The number of rotatable bonds is 4. The van der Waals surface area contributed by atoms with Crippen molar-refractivity contribution in [1.29, 1.82) is 0 Å². The first kappa shape index (κ1) is 18.2. The topological polar surface area (TPSA) is 76.1 Å². The monoisotopic (exact) mass is 431 g/mol. The Bertz CT molecular complexity index is 703. The summed E-state index contributed by atoms with van der Waals surface area (Å²) in [6.07, 6.45) is -3.50. The maximum atomic E-state index is 12.3. The molecule has 1 unspecified atom stereocenters. The molecule has 1 heterocycles. The van der Waals surface area contributed by atoms with E-state index in [-0.39, 0.29) is 21.0 Å². The Kier molecular flexibility index (Phi) is 5.39. The van der Waals surface area contributed by atoms with Crippen molar-refractivity contribution in [1.82, 2.24) is 9.78 Å². The molecule has 1 aromatic heterocycles. The highest BCUT2D eigenvalue weighted by Gasteiger charge is 2.32. The van der Waals surface area contributed by atoms with Crippen LogP contribution in [0.4, 0.5) is 19.0 Å². The fourth-order valence-corrected chi connectivity index (χ4v) is 3.60. The molecule has 0 amide bonds. The van der Waals surface area contributed by atoms with Crippen molar-refractivity contribution in [3.63, 3.8) is 0 Å². The third kappa shape index (κ3) is 4.06. The van der Waals surface area contributed by atoms with Gasteiger partial charge in [-0.2, -0.15) is 5.10 Å². The Morgan fingerprint density at radius 3 is 2.65 bits per heavy atom. The fraction of sp³-hybridized carbons (Fsp3) is 0.250. The van der Waals surface area contributed by atoms with E-state index in [0.29, 0.717) is 10.6 Å². The summed E-state index contributed by atoms with van der Waals surface area (Å²) >= 11 is 7.81. The van der Waals surface area contributed by atoms with E-state index in [4.69, 9.17) is 17.3 Å². The van der Waals surface area contributed by atoms with Crippen molar-refractivity contribution >= 4 is 44.5 Å². The number of alkyl halides is 3. The second-order valence-electron chi connectivity index (χ2n) is 4.22. The van der Waals surface area contributed by atoms with Crippen molar-refractivity contribution in [2.24, 2.45) is 0 Å². The molecule has 1 atom stereocenters. The van der Waals surface area contributed by atoms with Gasteiger partial charge in [0, 0.05) is 10.5 Å². The van der Waals surface area contributed by atoms with Crippen LogP contribution in [0.25, 0.3) is 5.69 Å². The minimum atomic E-state index is -4.83. The molecular formula is C12H10BrClF3N3O2S. The van der Waals surface area contributed by atoms with Gasteiger partial charge in [-0.15, -0.1) is 13.2 Å². The number of hydrogen-bond donors (Lipinski definition) is 1. The Morgan fingerprint density at radius 1 is 1.48 bits per heavy atom. The largest absolute Gasteiger partial charge is 0.611 e. The summed E-state index contributed by atoms with van der Waals surface area (Å²) in [5, 5.41) is 3.93. The standard InChI is InChI=1S/C12H10BrClF3N3O2S/c1-2-23(21)9-5-19-20(11(9)18)10-7(13)3-6(4-8(10)14)22-12(15,16)17/h3-5H,2,18H2,1H3. The first-order chi connectivity index (χ1) is 10.6. The van der Waals surface area contributed by atoms with Gasteiger partial charge < -0.3 is 15.0 Å². The van der Waals surface area contributed by atoms with Gasteiger partial charge >= 0.3 is 6.36 Å². The average Bonchev–Trinajstić information content (AvgIpc) is 2.77. The van der Waals surface area contributed by atoms with Gasteiger partial charge in [0.15, 0.2) is 5.82 Å². The summed E-state index contributed by atoms with van der Waals surface area (Å²) in [5.74, 6) is -0.0399. The van der Waals surface area contributed by atoms with Crippen LogP contribution >= 0.6 is 27.5 Å². The Balaban J connectivity index is 2.47. The lowest BCUT2D eigenvalue weighted by molar-refractivity contribution is -0.274. The van der Waals surface area contributed by atoms with Gasteiger partial charge in [-0.1, -0.05) is 11.6 Å². The number of halogens is 5. The van der Waals surface area contributed by atoms with Gasteiger partial charge in [-0.3, -0.25) is 0 Å². The summed E-state index contributed by atoms with van der Waals surface area (Å²) in [7, 11) is 0. The molecule has 126 valence electrons. The van der Waals surface area contributed by atoms with Crippen molar-refractivity contribution in [3.8, 4) is 11.4 Å². The molecule has 0 aliphatic rings. The molecule has 23 heavy (non-hydrogen) atoms. The number of anilines is 1. The summed E-state index contributed by atoms with van der Waals surface area (Å²) in [4.78, 5) is 0.325. The summed E-state index contributed by atoms with van der Waals surface area (Å²) < 4.78 is 53.9. The molecule has 0 bridgehead atoms. The number of benzene rings is 1. The Hall–Kier alpha value is -1.10. The summed E-state index contributed by atoms with van der Waals surface area (Å²) in [5.41, 5.74) is 6.13. The second-order valence-corrected chi connectivity index (χ2v) is 7.19. The van der Waals surface area contributed by atoms with E-state index >= 15 is 0 Å². The normalized spacial score (nSPS) is 13.2. The first-order valence-corrected chi connectivity index (χ1v) is 8.60. The second kappa shape index (κ2) is 6.80. The molecule has 0 aliphatic heterocycles. The minimum absolute atomic E-state index is 0.0674. The maximum absolute atomic E-state index is 12.3. The van der Waals surface area contributed by atoms with E-state index in [1.54, 1.807) is 6.92 Å². The zero-order chi connectivity index (χ0) is 17.4. The maximum Gasteiger partial charge on any atom is 0.573 e. The molecule has 0 radical (unpaired) electrons. The van der Waals surface area contributed by atoms with Crippen molar-refractivity contribution in [2.45, 2.75) is 18.2 Å². The number of nitrogens with two attached hydrogens (primary N) is 1. The van der Waals surface area contributed by atoms with E-state index in [2.05, 4.69) is 25.8 Å². The molecular weight excluding hydrogens is 423 g/mol. The van der Waals surface area contributed by atoms with Crippen LogP contribution in [0.15, 0.2) is 27.7 Å². The molecule has 2 aromatic rings. The van der Waals surface area contributed by atoms with Crippen LogP contribution < -0.4 is 10.5 Å². The molecule has 0 fully saturated rings. The molecule has 0 saturated carbocycles. The zero-order valence-corrected chi connectivity index (χ0v) is 14.7. The van der Waals surface area contributed by atoms with Gasteiger partial charge in [0.2, 0.25) is 4.90 Å². The fourth-order valence-electron chi connectivity index (χ4n) is 1.79. The van der Waals surface area contributed by atoms with Crippen LogP contribution in [0.5, 0.6) is 5.75 Å². The molecule has 1 aromatic carbocycles. The molecule has 0 saturated heterocycles. The zero-order valence-electron chi connectivity index (χ0n) is 11.5. The molecule has 0 spiro atoms. The van der Waals surface area contributed by atoms with Crippen molar-refractivity contribution in [3.05, 3.63) is 27.8 Å². The number of nitrogen functional groups attached to an aromatic ring is 1. The van der Waals surface area contributed by atoms with Gasteiger partial charge in [-0.25, -0.2) is 4.68 Å². The SMILES string of the molecule is CC[S+]([O-])c1cnn(-c2c(Cl)cc(OC(F)(F)F)cc2Br)c1N. The van der Waals surface area contributed by atoms with Gasteiger partial charge in [0.05, 0.1) is 5.02 Å². The average molecular weight is 433 g/mol. The molecule has 0 aliphatic carbocycles. The number of aromatic nitrogens is 2. The Labute approximate surface area is 145 Å². The number of hydrogen-bond acceptors (Lipinski definition) is 4.